The summed E-state index contributed by atoms with van der Waals surface area (Å²) in [5.41, 5.74) is 0.421. The molecule has 0 unspecified atom stereocenters. The molecule has 116 valence electrons. The van der Waals surface area contributed by atoms with Crippen molar-refractivity contribution in [2.45, 2.75) is 6.92 Å². The Bertz CT molecular complexity index is 750. The van der Waals surface area contributed by atoms with Gasteiger partial charge in [0, 0.05) is 30.6 Å². The highest BCUT2D eigenvalue weighted by Crippen LogP contribution is 2.39. The van der Waals surface area contributed by atoms with E-state index in [4.69, 9.17) is 4.74 Å². The summed E-state index contributed by atoms with van der Waals surface area (Å²) >= 11 is 0. The Balaban J connectivity index is 2.53. The van der Waals surface area contributed by atoms with Crippen LogP contribution in [0.4, 0.5) is 5.69 Å². The van der Waals surface area contributed by atoms with Crippen molar-refractivity contribution in [3.05, 3.63) is 40.1 Å². The fraction of sp³-hybridized carbons (Fsp3) is 0.214. The molecule has 2 rings (SSSR count). The minimum atomic E-state index is -0.798. The van der Waals surface area contributed by atoms with Crippen LogP contribution >= 0.6 is 0 Å². The highest BCUT2D eigenvalue weighted by atomic mass is 16.6. The summed E-state index contributed by atoms with van der Waals surface area (Å²) in [5, 5.41) is 30.0. The summed E-state index contributed by atoms with van der Waals surface area (Å²) in [7, 11) is 1.65. The molecule has 0 bridgehead atoms. The maximum Gasteiger partial charge on any atom is 0.339 e. The Labute approximate surface area is 125 Å². The number of rotatable bonds is 4. The largest absolute Gasteiger partial charge is 0.504 e. The third kappa shape index (κ3) is 2.71. The lowest BCUT2D eigenvalue weighted by molar-refractivity contribution is -0.385. The molecule has 0 aliphatic carbocycles. The predicted octanol–water partition coefficient (Wildman–Crippen LogP) is 2.19. The van der Waals surface area contributed by atoms with E-state index in [1.807, 2.05) is 0 Å². The molecule has 8 heteroatoms. The third-order valence-corrected chi connectivity index (χ3v) is 3.08. The normalized spacial score (nSPS) is 10.5. The number of hydrogen-bond donors (Lipinski definition) is 2. The maximum atomic E-state index is 11.7. The van der Waals surface area contributed by atoms with Crippen molar-refractivity contribution in [3.8, 4) is 22.8 Å². The topological polar surface area (TPSA) is 115 Å². The number of phenols is 2. The van der Waals surface area contributed by atoms with E-state index < -0.39 is 28.1 Å². The lowest BCUT2D eigenvalue weighted by Crippen LogP contribution is -2.02. The molecule has 0 amide bonds. The Morgan fingerprint density at radius 1 is 1.36 bits per heavy atom. The second-order valence-corrected chi connectivity index (χ2v) is 4.57. The van der Waals surface area contributed by atoms with Gasteiger partial charge in [-0.1, -0.05) is 0 Å². The van der Waals surface area contributed by atoms with Gasteiger partial charge in [0.1, 0.15) is 0 Å². The van der Waals surface area contributed by atoms with Gasteiger partial charge in [-0.25, -0.2) is 4.79 Å². The van der Waals surface area contributed by atoms with Crippen molar-refractivity contribution in [3.63, 3.8) is 0 Å². The monoisotopic (exact) mass is 306 g/mol. The summed E-state index contributed by atoms with van der Waals surface area (Å²) in [6, 6.07) is 3.81. The van der Waals surface area contributed by atoms with Gasteiger partial charge in [-0.15, -0.1) is 0 Å². The Kier molecular flexibility index (Phi) is 4.02. The number of ether oxygens (including phenoxy) is 1. The van der Waals surface area contributed by atoms with Crippen LogP contribution in [0.3, 0.4) is 0 Å². The molecule has 2 N–H and O–H groups in total. The molecule has 0 fully saturated rings. The number of aromatic hydroxyl groups is 2. The van der Waals surface area contributed by atoms with Crippen LogP contribution in [-0.4, -0.2) is 32.3 Å². The fourth-order valence-electron chi connectivity index (χ4n) is 2.07. The molecule has 22 heavy (non-hydrogen) atoms. The lowest BCUT2D eigenvalue weighted by Gasteiger charge is -2.06. The van der Waals surface area contributed by atoms with E-state index in [1.54, 1.807) is 18.5 Å². The van der Waals surface area contributed by atoms with Crippen LogP contribution in [0.5, 0.6) is 11.5 Å². The minimum absolute atomic E-state index is 0.231. The Morgan fingerprint density at radius 3 is 2.64 bits per heavy atom. The number of nitrogens with zero attached hydrogens (tertiary/aromatic N) is 2. The Morgan fingerprint density at radius 2 is 2.05 bits per heavy atom. The molecule has 0 radical (unpaired) electrons. The zero-order valence-electron chi connectivity index (χ0n) is 11.9. The van der Waals surface area contributed by atoms with E-state index in [0.717, 1.165) is 6.07 Å². The molecule has 1 heterocycles. The number of hydrogen-bond acceptors (Lipinski definition) is 6. The molecular weight excluding hydrogens is 292 g/mol. The minimum Gasteiger partial charge on any atom is -0.504 e. The zero-order valence-corrected chi connectivity index (χ0v) is 11.9. The number of benzene rings is 1. The molecule has 0 atom stereocenters. The van der Waals surface area contributed by atoms with Crippen LogP contribution in [-0.2, 0) is 11.8 Å². The van der Waals surface area contributed by atoms with Crippen LogP contribution < -0.4 is 0 Å². The van der Waals surface area contributed by atoms with Gasteiger partial charge in [0.15, 0.2) is 5.75 Å². The zero-order chi connectivity index (χ0) is 16.4. The average molecular weight is 306 g/mol. The maximum absolute atomic E-state index is 11.7. The van der Waals surface area contributed by atoms with Gasteiger partial charge in [-0.2, -0.15) is 0 Å². The van der Waals surface area contributed by atoms with Crippen molar-refractivity contribution >= 4 is 11.7 Å². The van der Waals surface area contributed by atoms with Gasteiger partial charge < -0.3 is 19.5 Å². The van der Waals surface area contributed by atoms with Gasteiger partial charge in [0.2, 0.25) is 5.75 Å². The van der Waals surface area contributed by atoms with E-state index >= 15 is 0 Å². The number of aryl methyl sites for hydroxylation is 1. The van der Waals surface area contributed by atoms with Crippen LogP contribution in [0.1, 0.15) is 17.3 Å². The molecule has 8 nitrogen and oxygen atoms in total. The van der Waals surface area contributed by atoms with Crippen molar-refractivity contribution < 1.29 is 24.7 Å². The quantitative estimate of drug-likeness (QED) is 0.387. The van der Waals surface area contributed by atoms with Gasteiger partial charge in [0.05, 0.1) is 17.1 Å². The summed E-state index contributed by atoms with van der Waals surface area (Å²) in [6.45, 7) is 1.91. The molecule has 0 aliphatic rings. The highest BCUT2D eigenvalue weighted by molar-refractivity contribution is 5.91. The van der Waals surface area contributed by atoms with E-state index in [-0.39, 0.29) is 12.2 Å². The summed E-state index contributed by atoms with van der Waals surface area (Å²) < 4.78 is 6.46. The number of esters is 1. The first-order valence-corrected chi connectivity index (χ1v) is 6.39. The number of carbonyl (C=O) groups is 1. The van der Waals surface area contributed by atoms with Gasteiger partial charge in [-0.05, 0) is 19.1 Å². The van der Waals surface area contributed by atoms with Gasteiger partial charge in [-0.3, -0.25) is 10.1 Å². The van der Waals surface area contributed by atoms with Crippen LogP contribution in [0.2, 0.25) is 0 Å². The molecule has 0 saturated carbocycles. The molecule has 1 aromatic heterocycles. The SMILES string of the molecule is CCOC(=O)c1cc(-c2cc(O)c(O)c([N+](=O)[O-])c2)n(C)c1. The van der Waals surface area contributed by atoms with Crippen molar-refractivity contribution in [2.24, 2.45) is 7.05 Å². The number of carbonyl (C=O) groups excluding carboxylic acids is 1. The first-order chi connectivity index (χ1) is 10.3. The van der Waals surface area contributed by atoms with E-state index in [2.05, 4.69) is 0 Å². The second kappa shape index (κ2) is 5.76. The van der Waals surface area contributed by atoms with Gasteiger partial charge in [0.25, 0.3) is 0 Å². The first kappa shape index (κ1) is 15.4. The standard InChI is InChI=1S/C14H14N2O6/c1-3-22-14(19)9-5-10(15(2)7-9)8-4-11(16(20)21)13(18)12(17)6-8/h4-7,17-18H,3H2,1-2H3. The Hall–Kier alpha value is -3.03. The number of phenolic OH excluding ortho intramolecular Hbond substituents is 2. The van der Waals surface area contributed by atoms with Crippen LogP contribution in [0.25, 0.3) is 11.3 Å². The van der Waals surface area contributed by atoms with Crippen molar-refractivity contribution in [1.29, 1.82) is 0 Å². The van der Waals surface area contributed by atoms with Gasteiger partial charge >= 0.3 is 11.7 Å². The number of nitro groups is 1. The van der Waals surface area contributed by atoms with E-state index in [9.17, 15) is 25.1 Å². The fourth-order valence-corrected chi connectivity index (χ4v) is 2.07. The van der Waals surface area contributed by atoms with E-state index in [1.165, 1.54) is 18.3 Å². The van der Waals surface area contributed by atoms with Crippen molar-refractivity contribution in [1.82, 2.24) is 4.57 Å². The molecular formula is C14H14N2O6. The summed E-state index contributed by atoms with van der Waals surface area (Å²) in [4.78, 5) is 21.8. The van der Waals surface area contributed by atoms with Crippen molar-refractivity contribution in [2.75, 3.05) is 6.61 Å². The lowest BCUT2D eigenvalue weighted by atomic mass is 10.1. The smallest absolute Gasteiger partial charge is 0.339 e. The predicted molar refractivity (Wildman–Crippen MR) is 76.8 cm³/mol. The molecule has 0 aliphatic heterocycles. The van der Waals surface area contributed by atoms with Crippen LogP contribution in [0, 0.1) is 10.1 Å². The second-order valence-electron chi connectivity index (χ2n) is 4.57. The molecule has 0 spiro atoms. The molecule has 0 saturated heterocycles. The third-order valence-electron chi connectivity index (χ3n) is 3.08. The molecule has 1 aromatic carbocycles. The van der Waals surface area contributed by atoms with E-state index in [0.29, 0.717) is 11.3 Å². The highest BCUT2D eigenvalue weighted by Gasteiger charge is 2.21. The molecule has 2 aromatic rings. The first-order valence-electron chi connectivity index (χ1n) is 6.39. The summed E-state index contributed by atoms with van der Waals surface area (Å²) in [6.07, 6.45) is 1.52. The number of aromatic nitrogens is 1. The summed E-state index contributed by atoms with van der Waals surface area (Å²) in [5.74, 6) is -1.92. The average Bonchev–Trinajstić information content (AvgIpc) is 2.84. The van der Waals surface area contributed by atoms with Crippen LogP contribution in [0.15, 0.2) is 24.4 Å². The number of nitro benzene ring substituents is 1.